The summed E-state index contributed by atoms with van der Waals surface area (Å²) < 4.78 is 48.3. The second kappa shape index (κ2) is 10.1. The van der Waals surface area contributed by atoms with Crippen molar-refractivity contribution >= 4 is 33.4 Å². The van der Waals surface area contributed by atoms with E-state index >= 15 is 0 Å². The minimum Gasteiger partial charge on any atom is -0.487 e. The van der Waals surface area contributed by atoms with Crippen LogP contribution in [0.4, 0.5) is 10.1 Å². The van der Waals surface area contributed by atoms with Crippen molar-refractivity contribution < 1.29 is 22.3 Å². The minimum atomic E-state index is -4.15. The van der Waals surface area contributed by atoms with Crippen molar-refractivity contribution in [2.24, 2.45) is 0 Å². The van der Waals surface area contributed by atoms with Crippen molar-refractivity contribution in [3.05, 3.63) is 83.7 Å². The molecule has 6 nitrogen and oxygen atoms in total. The molecule has 9 heteroatoms. The van der Waals surface area contributed by atoms with Crippen molar-refractivity contribution in [3.63, 3.8) is 0 Å². The standard InChI is InChI=1S/C27H29FN2O4S2/c1-18-8-13-25-23(14-18)24(16-27(2,3)34-25)29-26(31)17-30(20-7-5-6-19(28)15-20)36(32,33)22-11-9-21(35-4)10-12-22/h5-15,24H,16-17H2,1-4H3,(H,29,31). The molecule has 0 radical (unpaired) electrons. The van der Waals surface area contributed by atoms with E-state index in [1.54, 1.807) is 12.1 Å². The van der Waals surface area contributed by atoms with Crippen LogP contribution in [0.1, 0.15) is 37.4 Å². The first-order valence-corrected chi connectivity index (χ1v) is 14.2. The number of halogens is 1. The fraction of sp³-hybridized carbons (Fsp3) is 0.296. The predicted octanol–water partition coefficient (Wildman–Crippen LogP) is 5.47. The Balaban J connectivity index is 1.65. The molecule has 1 amide bonds. The molecule has 1 atom stereocenters. The van der Waals surface area contributed by atoms with Gasteiger partial charge in [-0.25, -0.2) is 12.8 Å². The maximum atomic E-state index is 14.1. The van der Waals surface area contributed by atoms with Crippen LogP contribution in [0.5, 0.6) is 5.75 Å². The molecule has 190 valence electrons. The third kappa shape index (κ3) is 5.68. The summed E-state index contributed by atoms with van der Waals surface area (Å²) in [4.78, 5) is 14.2. The van der Waals surface area contributed by atoms with Crippen LogP contribution in [-0.4, -0.2) is 32.7 Å². The first-order chi connectivity index (χ1) is 17.0. The number of thioether (sulfide) groups is 1. The molecule has 4 rings (SSSR count). The number of aryl methyl sites for hydroxylation is 1. The third-order valence-electron chi connectivity index (χ3n) is 5.99. The van der Waals surface area contributed by atoms with Gasteiger partial charge in [-0.15, -0.1) is 11.8 Å². The summed E-state index contributed by atoms with van der Waals surface area (Å²) >= 11 is 1.49. The number of ether oxygens (including phenoxy) is 1. The number of nitrogens with zero attached hydrogens (tertiary/aromatic N) is 1. The zero-order chi connectivity index (χ0) is 26.1. The Morgan fingerprint density at radius 2 is 1.86 bits per heavy atom. The molecule has 1 aliphatic rings. The highest BCUT2D eigenvalue weighted by atomic mass is 32.2. The number of anilines is 1. The van der Waals surface area contributed by atoms with E-state index in [0.717, 1.165) is 26.4 Å². The van der Waals surface area contributed by atoms with Crippen molar-refractivity contribution in [2.75, 3.05) is 17.1 Å². The van der Waals surface area contributed by atoms with Crippen LogP contribution >= 0.6 is 11.8 Å². The Hall–Kier alpha value is -3.04. The van der Waals surface area contributed by atoms with Gasteiger partial charge in [0.25, 0.3) is 10.0 Å². The van der Waals surface area contributed by atoms with Gasteiger partial charge >= 0.3 is 0 Å². The largest absolute Gasteiger partial charge is 0.487 e. The molecule has 0 aliphatic carbocycles. The van der Waals surface area contributed by atoms with Crippen LogP contribution < -0.4 is 14.4 Å². The van der Waals surface area contributed by atoms with Crippen LogP contribution in [0.2, 0.25) is 0 Å². The normalized spacial score (nSPS) is 16.5. The van der Waals surface area contributed by atoms with Crippen LogP contribution in [0.15, 0.2) is 76.5 Å². The monoisotopic (exact) mass is 528 g/mol. The molecule has 1 aliphatic heterocycles. The van der Waals surface area contributed by atoms with Gasteiger partial charge in [-0.1, -0.05) is 23.8 Å². The number of carbonyl (C=O) groups is 1. The van der Waals surface area contributed by atoms with Crippen LogP contribution in [0.25, 0.3) is 0 Å². The van der Waals surface area contributed by atoms with E-state index in [4.69, 9.17) is 4.74 Å². The summed E-state index contributed by atoms with van der Waals surface area (Å²) in [5, 5.41) is 2.99. The van der Waals surface area contributed by atoms with Gasteiger partial charge in [0.2, 0.25) is 5.91 Å². The molecule has 0 spiro atoms. The van der Waals surface area contributed by atoms with Gasteiger partial charge in [0, 0.05) is 16.9 Å². The highest BCUT2D eigenvalue weighted by Gasteiger charge is 2.35. The Labute approximate surface area is 215 Å². The van der Waals surface area contributed by atoms with E-state index in [0.29, 0.717) is 12.2 Å². The molecular formula is C27H29FN2O4S2. The summed E-state index contributed by atoms with van der Waals surface area (Å²) in [6.45, 7) is 5.34. The lowest BCUT2D eigenvalue weighted by Gasteiger charge is -2.38. The summed E-state index contributed by atoms with van der Waals surface area (Å²) in [5.41, 5.74) is 1.42. The minimum absolute atomic E-state index is 0.0190. The quantitative estimate of drug-likeness (QED) is 0.412. The number of nitrogens with one attached hydrogen (secondary N) is 1. The zero-order valence-corrected chi connectivity index (χ0v) is 22.3. The van der Waals surface area contributed by atoms with Gasteiger partial charge in [-0.05, 0) is 75.6 Å². The second-order valence-electron chi connectivity index (χ2n) is 9.39. The predicted molar refractivity (Wildman–Crippen MR) is 141 cm³/mol. The Morgan fingerprint density at radius 1 is 1.14 bits per heavy atom. The van der Waals surface area contributed by atoms with Crippen LogP contribution in [-0.2, 0) is 14.8 Å². The zero-order valence-electron chi connectivity index (χ0n) is 20.6. The first-order valence-electron chi connectivity index (χ1n) is 11.5. The average molecular weight is 529 g/mol. The number of carbonyl (C=O) groups excluding carboxylic acids is 1. The van der Waals surface area contributed by atoms with Crippen LogP contribution in [0.3, 0.4) is 0 Å². The average Bonchev–Trinajstić information content (AvgIpc) is 2.82. The molecule has 36 heavy (non-hydrogen) atoms. The van der Waals surface area contributed by atoms with Gasteiger partial charge in [0.15, 0.2) is 0 Å². The lowest BCUT2D eigenvalue weighted by atomic mass is 9.89. The molecule has 3 aromatic rings. The molecule has 0 saturated carbocycles. The molecule has 1 unspecified atom stereocenters. The molecule has 1 N–H and O–H groups in total. The lowest BCUT2D eigenvalue weighted by Crippen LogP contribution is -2.45. The Morgan fingerprint density at radius 3 is 2.53 bits per heavy atom. The molecule has 0 saturated heterocycles. The van der Waals surface area contributed by atoms with Crippen molar-refractivity contribution in [1.82, 2.24) is 5.32 Å². The van der Waals surface area contributed by atoms with E-state index in [1.807, 2.05) is 45.2 Å². The van der Waals surface area contributed by atoms with Crippen molar-refractivity contribution in [2.45, 2.75) is 48.6 Å². The van der Waals surface area contributed by atoms with Crippen LogP contribution in [0, 0.1) is 12.7 Å². The molecule has 0 fully saturated rings. The number of benzene rings is 3. The maximum absolute atomic E-state index is 14.1. The molecule has 0 bridgehead atoms. The lowest BCUT2D eigenvalue weighted by molar-refractivity contribution is -0.120. The third-order valence-corrected chi connectivity index (χ3v) is 8.52. The van der Waals surface area contributed by atoms with Gasteiger partial charge in [-0.2, -0.15) is 0 Å². The van der Waals surface area contributed by atoms with E-state index in [-0.39, 0.29) is 16.6 Å². The van der Waals surface area contributed by atoms with E-state index < -0.39 is 33.9 Å². The molecule has 1 heterocycles. The highest BCUT2D eigenvalue weighted by molar-refractivity contribution is 7.98. The number of sulfonamides is 1. The number of hydrogen-bond acceptors (Lipinski definition) is 5. The van der Waals surface area contributed by atoms with Gasteiger partial charge in [0.1, 0.15) is 23.7 Å². The Kier molecular flexibility index (Phi) is 7.33. The van der Waals surface area contributed by atoms with E-state index in [9.17, 15) is 17.6 Å². The van der Waals surface area contributed by atoms with Crippen molar-refractivity contribution in [1.29, 1.82) is 0 Å². The van der Waals surface area contributed by atoms with E-state index in [2.05, 4.69) is 5.32 Å². The Bertz CT molecular complexity index is 1370. The van der Waals surface area contributed by atoms with Gasteiger partial charge in [0.05, 0.1) is 16.6 Å². The first kappa shape index (κ1) is 26.0. The fourth-order valence-electron chi connectivity index (χ4n) is 4.29. The number of fused-ring (bicyclic) bond motifs is 1. The summed E-state index contributed by atoms with van der Waals surface area (Å²) in [7, 11) is -4.15. The molecule has 3 aromatic carbocycles. The second-order valence-corrected chi connectivity index (χ2v) is 12.1. The topological polar surface area (TPSA) is 75.7 Å². The van der Waals surface area contributed by atoms with E-state index in [1.165, 1.54) is 42.1 Å². The highest BCUT2D eigenvalue weighted by Crippen LogP contribution is 2.40. The number of amides is 1. The molecule has 0 aromatic heterocycles. The smallest absolute Gasteiger partial charge is 0.264 e. The summed E-state index contributed by atoms with van der Waals surface area (Å²) in [6, 6.07) is 17.0. The summed E-state index contributed by atoms with van der Waals surface area (Å²) in [6.07, 6.45) is 2.40. The van der Waals surface area contributed by atoms with Gasteiger partial charge in [-0.3, -0.25) is 9.10 Å². The number of rotatable bonds is 7. The molecular weight excluding hydrogens is 499 g/mol. The SMILES string of the molecule is CSc1ccc(S(=O)(=O)N(CC(=O)NC2CC(C)(C)Oc3ccc(C)cc32)c2cccc(F)c2)cc1. The number of hydrogen-bond donors (Lipinski definition) is 1. The summed E-state index contributed by atoms with van der Waals surface area (Å²) in [5.74, 6) is -0.411. The fourth-order valence-corrected chi connectivity index (χ4v) is 6.12. The van der Waals surface area contributed by atoms with Crippen molar-refractivity contribution in [3.8, 4) is 5.75 Å². The maximum Gasteiger partial charge on any atom is 0.264 e. The van der Waals surface area contributed by atoms with Gasteiger partial charge < -0.3 is 10.1 Å².